The predicted octanol–water partition coefficient (Wildman–Crippen LogP) is 3.85. The molecule has 3 rings (SSSR count). The number of hydrogen-bond donors (Lipinski definition) is 1. The van der Waals surface area contributed by atoms with Crippen LogP contribution in [0.2, 0.25) is 0 Å². The first-order valence-electron chi connectivity index (χ1n) is 9.52. The maximum atomic E-state index is 13.5. The van der Waals surface area contributed by atoms with Crippen LogP contribution in [0.4, 0.5) is 11.4 Å². The molecule has 31 heavy (non-hydrogen) atoms. The summed E-state index contributed by atoms with van der Waals surface area (Å²) in [5.74, 6) is 0.455. The number of para-hydroxylation sites is 2. The van der Waals surface area contributed by atoms with E-state index in [1.807, 2.05) is 0 Å². The van der Waals surface area contributed by atoms with Crippen LogP contribution in [0.5, 0.6) is 11.5 Å². The number of carbonyl (C=O) groups excluding carboxylic acids is 1. The monoisotopic (exact) mass is 440 g/mol. The molecular formula is C23H24N2O5S. The number of ether oxygens (including phenoxy) is 2. The molecule has 3 aromatic carbocycles. The lowest BCUT2D eigenvalue weighted by atomic mass is 10.2. The van der Waals surface area contributed by atoms with E-state index in [0.717, 1.165) is 4.31 Å². The number of benzene rings is 3. The normalized spacial score (nSPS) is 10.9. The van der Waals surface area contributed by atoms with Crippen molar-refractivity contribution in [2.24, 2.45) is 0 Å². The number of rotatable bonds is 8. The number of aryl methyl sites for hydroxylation is 1. The molecule has 7 nitrogen and oxygen atoms in total. The van der Waals surface area contributed by atoms with E-state index in [4.69, 9.17) is 9.47 Å². The van der Waals surface area contributed by atoms with Crippen LogP contribution in [0.15, 0.2) is 77.7 Å². The highest BCUT2D eigenvalue weighted by Crippen LogP contribution is 2.31. The number of amides is 1. The molecule has 0 bridgehead atoms. The average molecular weight is 441 g/mol. The Labute approximate surface area is 182 Å². The number of hydrogen-bond acceptors (Lipinski definition) is 5. The zero-order valence-corrected chi connectivity index (χ0v) is 18.3. The van der Waals surface area contributed by atoms with Crippen LogP contribution < -0.4 is 19.1 Å². The minimum Gasteiger partial charge on any atom is -0.497 e. The molecule has 1 N–H and O–H groups in total. The predicted molar refractivity (Wildman–Crippen MR) is 120 cm³/mol. The minimum atomic E-state index is -4.02. The Morgan fingerprint density at radius 3 is 2.29 bits per heavy atom. The Hall–Kier alpha value is -3.52. The molecule has 0 aliphatic rings. The van der Waals surface area contributed by atoms with Gasteiger partial charge in [-0.2, -0.15) is 0 Å². The Morgan fingerprint density at radius 1 is 0.935 bits per heavy atom. The molecule has 0 aliphatic carbocycles. The van der Waals surface area contributed by atoms with Gasteiger partial charge in [0.1, 0.15) is 18.0 Å². The van der Waals surface area contributed by atoms with Crippen molar-refractivity contribution in [2.75, 3.05) is 30.4 Å². The van der Waals surface area contributed by atoms with Crippen molar-refractivity contribution in [3.63, 3.8) is 0 Å². The lowest BCUT2D eigenvalue weighted by molar-refractivity contribution is -0.114. The second-order valence-electron chi connectivity index (χ2n) is 6.73. The van der Waals surface area contributed by atoms with Gasteiger partial charge in [-0.05, 0) is 42.8 Å². The van der Waals surface area contributed by atoms with E-state index in [-0.39, 0.29) is 4.90 Å². The molecule has 0 heterocycles. The summed E-state index contributed by atoms with van der Waals surface area (Å²) in [5, 5.41) is 2.73. The molecule has 0 fully saturated rings. The van der Waals surface area contributed by atoms with Crippen LogP contribution in [0.25, 0.3) is 0 Å². The molecule has 0 saturated heterocycles. The highest BCUT2D eigenvalue weighted by Gasteiger charge is 2.28. The largest absolute Gasteiger partial charge is 0.497 e. The third-order valence-corrected chi connectivity index (χ3v) is 6.46. The SMILES string of the molecule is COc1ccc(C)c(N(CC(=O)Nc2ccccc2OC)S(=O)(=O)c2ccccc2)c1. The molecule has 0 atom stereocenters. The fourth-order valence-corrected chi connectivity index (χ4v) is 4.57. The molecular weight excluding hydrogens is 416 g/mol. The van der Waals surface area contributed by atoms with Gasteiger partial charge in [0.15, 0.2) is 0 Å². The van der Waals surface area contributed by atoms with Crippen molar-refractivity contribution >= 4 is 27.3 Å². The van der Waals surface area contributed by atoms with Crippen molar-refractivity contribution in [1.29, 1.82) is 0 Å². The number of sulfonamides is 1. The summed E-state index contributed by atoms with van der Waals surface area (Å²) in [4.78, 5) is 13.0. The lowest BCUT2D eigenvalue weighted by Crippen LogP contribution is -2.38. The molecule has 0 radical (unpaired) electrons. The fraction of sp³-hybridized carbons (Fsp3) is 0.174. The quantitative estimate of drug-likeness (QED) is 0.575. The van der Waals surface area contributed by atoms with Crippen molar-refractivity contribution in [2.45, 2.75) is 11.8 Å². The summed E-state index contributed by atoms with van der Waals surface area (Å²) < 4.78 is 38.6. The van der Waals surface area contributed by atoms with Gasteiger partial charge < -0.3 is 14.8 Å². The molecule has 0 saturated carbocycles. The lowest BCUT2D eigenvalue weighted by Gasteiger charge is -2.26. The van der Waals surface area contributed by atoms with E-state index >= 15 is 0 Å². The highest BCUT2D eigenvalue weighted by atomic mass is 32.2. The van der Waals surface area contributed by atoms with E-state index in [2.05, 4.69) is 5.32 Å². The van der Waals surface area contributed by atoms with Crippen molar-refractivity contribution in [3.8, 4) is 11.5 Å². The van der Waals surface area contributed by atoms with Crippen LogP contribution in [-0.4, -0.2) is 35.1 Å². The third-order valence-electron chi connectivity index (χ3n) is 4.68. The second kappa shape index (κ2) is 9.53. The summed E-state index contributed by atoms with van der Waals surface area (Å²) in [7, 11) is -1.02. The maximum Gasteiger partial charge on any atom is 0.264 e. The third kappa shape index (κ3) is 4.97. The number of methoxy groups -OCH3 is 2. The van der Waals surface area contributed by atoms with Crippen molar-refractivity contribution < 1.29 is 22.7 Å². The summed E-state index contributed by atoms with van der Waals surface area (Å²) >= 11 is 0. The van der Waals surface area contributed by atoms with Crippen LogP contribution in [0, 0.1) is 6.92 Å². The number of nitrogens with one attached hydrogen (secondary N) is 1. The van der Waals surface area contributed by atoms with E-state index in [0.29, 0.717) is 28.4 Å². The molecule has 8 heteroatoms. The summed E-state index contributed by atoms with van der Waals surface area (Å²) in [6.07, 6.45) is 0. The fourth-order valence-electron chi connectivity index (χ4n) is 3.07. The zero-order chi connectivity index (χ0) is 22.4. The number of carbonyl (C=O) groups is 1. The smallest absolute Gasteiger partial charge is 0.264 e. The summed E-state index contributed by atoms with van der Waals surface area (Å²) in [5.41, 5.74) is 1.50. The van der Waals surface area contributed by atoms with Gasteiger partial charge in [0, 0.05) is 6.07 Å². The Kier molecular flexibility index (Phi) is 6.81. The molecule has 3 aromatic rings. The first-order chi connectivity index (χ1) is 14.9. The van der Waals surface area contributed by atoms with E-state index < -0.39 is 22.5 Å². The van der Waals surface area contributed by atoms with Gasteiger partial charge in [0.2, 0.25) is 5.91 Å². The standard InChI is InChI=1S/C23H24N2O5S/c1-17-13-14-18(29-2)15-21(17)25(31(27,28)19-9-5-4-6-10-19)16-23(26)24-20-11-7-8-12-22(20)30-3/h4-15H,16H2,1-3H3,(H,24,26). The Bertz CT molecular complexity index is 1160. The second-order valence-corrected chi connectivity index (χ2v) is 8.59. The Balaban J connectivity index is 2.01. The van der Waals surface area contributed by atoms with E-state index in [1.165, 1.54) is 26.4 Å². The first kappa shape index (κ1) is 22.2. The molecule has 0 spiro atoms. The molecule has 0 aromatic heterocycles. The van der Waals surface area contributed by atoms with E-state index in [9.17, 15) is 13.2 Å². The van der Waals surface area contributed by atoms with Gasteiger partial charge in [-0.15, -0.1) is 0 Å². The van der Waals surface area contributed by atoms with Crippen LogP contribution in [0.3, 0.4) is 0 Å². The molecule has 162 valence electrons. The summed E-state index contributed by atoms with van der Waals surface area (Å²) in [6, 6.07) is 20.0. The maximum absolute atomic E-state index is 13.5. The van der Waals surface area contributed by atoms with Crippen molar-refractivity contribution in [3.05, 3.63) is 78.4 Å². The Morgan fingerprint density at radius 2 is 1.61 bits per heavy atom. The number of nitrogens with zero attached hydrogens (tertiary/aromatic N) is 1. The van der Waals surface area contributed by atoms with Crippen LogP contribution in [-0.2, 0) is 14.8 Å². The average Bonchev–Trinajstić information content (AvgIpc) is 2.79. The first-order valence-corrected chi connectivity index (χ1v) is 11.0. The van der Waals surface area contributed by atoms with Gasteiger partial charge in [0.05, 0.1) is 30.5 Å². The topological polar surface area (TPSA) is 84.9 Å². The molecule has 0 unspecified atom stereocenters. The highest BCUT2D eigenvalue weighted by molar-refractivity contribution is 7.92. The summed E-state index contributed by atoms with van der Waals surface area (Å²) in [6.45, 7) is 1.35. The molecule has 0 aliphatic heterocycles. The zero-order valence-electron chi connectivity index (χ0n) is 17.5. The minimum absolute atomic E-state index is 0.0855. The molecule has 1 amide bonds. The van der Waals surface area contributed by atoms with Gasteiger partial charge in [0.25, 0.3) is 10.0 Å². The van der Waals surface area contributed by atoms with Gasteiger partial charge in [-0.1, -0.05) is 36.4 Å². The van der Waals surface area contributed by atoms with Gasteiger partial charge >= 0.3 is 0 Å². The van der Waals surface area contributed by atoms with Crippen LogP contribution >= 0.6 is 0 Å². The van der Waals surface area contributed by atoms with E-state index in [1.54, 1.807) is 67.6 Å². The van der Waals surface area contributed by atoms with Crippen LogP contribution in [0.1, 0.15) is 5.56 Å². The number of anilines is 2. The van der Waals surface area contributed by atoms with Gasteiger partial charge in [-0.3, -0.25) is 9.10 Å². The van der Waals surface area contributed by atoms with Crippen molar-refractivity contribution in [1.82, 2.24) is 0 Å². The van der Waals surface area contributed by atoms with Gasteiger partial charge in [-0.25, -0.2) is 8.42 Å².